The molecule has 3 N–H and O–H groups in total. The summed E-state index contributed by atoms with van der Waals surface area (Å²) < 4.78 is 27.1. The zero-order valence-electron chi connectivity index (χ0n) is 17.1. The van der Waals surface area contributed by atoms with Gasteiger partial charge in [-0.25, -0.2) is 8.78 Å². The van der Waals surface area contributed by atoms with Gasteiger partial charge in [0.15, 0.2) is 17.4 Å². The lowest BCUT2D eigenvalue weighted by atomic mass is 9.96. The number of halogens is 2. The molecule has 4 rings (SSSR count). The maximum atomic E-state index is 13.7. The molecule has 0 aliphatic rings. The fourth-order valence-electron chi connectivity index (χ4n) is 3.59. The van der Waals surface area contributed by atoms with Gasteiger partial charge in [-0.2, -0.15) is 0 Å². The van der Waals surface area contributed by atoms with E-state index in [2.05, 4.69) is 10.6 Å². The first-order valence-electron chi connectivity index (χ1n) is 10.0. The molecule has 0 aromatic heterocycles. The first-order valence-corrected chi connectivity index (χ1v) is 10.0. The third kappa shape index (κ3) is 4.15. The number of benzene rings is 3. The summed E-state index contributed by atoms with van der Waals surface area (Å²) >= 11 is 0. The summed E-state index contributed by atoms with van der Waals surface area (Å²) in [6, 6.07) is 19.9. The second-order valence-corrected chi connectivity index (χ2v) is 7.54. The van der Waals surface area contributed by atoms with E-state index in [1.54, 1.807) is 18.2 Å². The van der Waals surface area contributed by atoms with Crippen molar-refractivity contribution in [1.29, 1.82) is 0 Å². The van der Waals surface area contributed by atoms with Gasteiger partial charge in [0.2, 0.25) is 0 Å². The van der Waals surface area contributed by atoms with Crippen LogP contribution in [0.25, 0.3) is 0 Å². The number of hydrogen-bond donors (Lipinski definition) is 3. The molecule has 0 saturated heterocycles. The van der Waals surface area contributed by atoms with Gasteiger partial charge in [-0.15, -0.1) is 0 Å². The van der Waals surface area contributed by atoms with Gasteiger partial charge in [0, 0.05) is 11.7 Å². The predicted molar refractivity (Wildman–Crippen MR) is 119 cm³/mol. The third-order valence-corrected chi connectivity index (χ3v) is 5.37. The maximum absolute atomic E-state index is 13.7. The maximum Gasteiger partial charge on any atom is 0.271 e. The molecule has 0 bridgehead atoms. The smallest absolute Gasteiger partial charge is 0.271 e. The number of nitrogens with one attached hydrogen (secondary N) is 2. The molecule has 0 aliphatic heterocycles. The molecule has 0 radical (unpaired) electrons. The summed E-state index contributed by atoms with van der Waals surface area (Å²) in [5.41, 5.74) is 1.07. The predicted octanol–water partition coefficient (Wildman–Crippen LogP) is 4.45. The molecule has 32 heavy (non-hydrogen) atoms. The molecule has 2 unspecified atom stereocenters. The van der Waals surface area contributed by atoms with E-state index in [0.717, 1.165) is 17.2 Å². The minimum Gasteiger partial charge on any atom is -0.502 e. The Labute approximate surface area is 182 Å². The molecule has 0 amide bonds. The van der Waals surface area contributed by atoms with Crippen LogP contribution in [0, 0.1) is 11.6 Å². The fraction of sp³-hybridized carbons (Fsp3) is 0.120. The minimum absolute atomic E-state index is 0.133. The molecule has 0 aliphatic carbocycles. The van der Waals surface area contributed by atoms with Gasteiger partial charge in [0.05, 0.1) is 6.04 Å². The van der Waals surface area contributed by atoms with E-state index < -0.39 is 28.2 Å². The molecule has 0 fully saturated rings. The molecular weight excluding hydrogens is 414 g/mol. The summed E-state index contributed by atoms with van der Waals surface area (Å²) in [5, 5.41) is 15.9. The number of aromatic hydroxyl groups is 1. The largest absolute Gasteiger partial charge is 0.502 e. The van der Waals surface area contributed by atoms with Crippen molar-refractivity contribution in [3.63, 3.8) is 0 Å². The highest BCUT2D eigenvalue weighted by molar-refractivity contribution is 5.69. The van der Waals surface area contributed by atoms with Crippen LogP contribution in [0.2, 0.25) is 0 Å². The van der Waals surface area contributed by atoms with E-state index in [9.17, 15) is 23.5 Å². The lowest BCUT2D eigenvalue weighted by Gasteiger charge is -2.25. The Kier molecular flexibility index (Phi) is 5.83. The van der Waals surface area contributed by atoms with Gasteiger partial charge in [-0.1, -0.05) is 48.5 Å². The first kappa shape index (κ1) is 21.4. The Morgan fingerprint density at radius 3 is 2.19 bits per heavy atom. The Morgan fingerprint density at radius 2 is 1.50 bits per heavy atom. The fourth-order valence-corrected chi connectivity index (χ4v) is 3.59. The summed E-state index contributed by atoms with van der Waals surface area (Å²) in [6.07, 6.45) is 0. The second-order valence-electron chi connectivity index (χ2n) is 7.54. The van der Waals surface area contributed by atoms with Crippen molar-refractivity contribution in [3.8, 4) is 5.75 Å². The van der Waals surface area contributed by atoms with Crippen molar-refractivity contribution < 1.29 is 13.9 Å². The Balaban J connectivity index is 1.66. The highest BCUT2D eigenvalue weighted by Gasteiger charge is 2.22. The van der Waals surface area contributed by atoms with Crippen LogP contribution >= 0.6 is 0 Å². The topological polar surface area (TPSA) is 78.4 Å². The van der Waals surface area contributed by atoms with E-state index >= 15 is 0 Å². The lowest BCUT2D eigenvalue weighted by molar-refractivity contribution is 0.466. The van der Waals surface area contributed by atoms with Crippen LogP contribution in [-0.4, -0.2) is 5.11 Å². The highest BCUT2D eigenvalue weighted by atomic mass is 19.2. The van der Waals surface area contributed by atoms with Gasteiger partial charge < -0.3 is 10.4 Å². The van der Waals surface area contributed by atoms with Gasteiger partial charge in [-0.05, 0) is 47.9 Å². The Hall–Kier alpha value is -3.84. The molecule has 0 spiro atoms. The summed E-state index contributed by atoms with van der Waals surface area (Å²) in [7, 11) is 0. The monoisotopic (exact) mass is 434 g/mol. The van der Waals surface area contributed by atoms with Crippen molar-refractivity contribution in [3.05, 3.63) is 122 Å². The van der Waals surface area contributed by atoms with Crippen LogP contribution in [0.5, 0.6) is 5.75 Å². The molecule has 4 aromatic rings. The standard InChI is InChI=1S/C25H20F2N2O3/c1-14(16-10-11-19(26)20(27)13-16)28-21(15-6-3-2-4-7-15)17-8-5-9-18(12-17)29-22-23(30)25(32)24(22)31/h2-14,21,28-30H,1H3. The van der Waals surface area contributed by atoms with E-state index in [4.69, 9.17) is 0 Å². The van der Waals surface area contributed by atoms with Gasteiger partial charge in [0.1, 0.15) is 5.69 Å². The molecule has 7 heteroatoms. The van der Waals surface area contributed by atoms with Crippen LogP contribution in [0.3, 0.4) is 0 Å². The van der Waals surface area contributed by atoms with Crippen LogP contribution in [-0.2, 0) is 0 Å². The zero-order valence-corrected chi connectivity index (χ0v) is 17.1. The molecular formula is C25H20F2N2O3. The van der Waals surface area contributed by atoms with Crippen LogP contribution in [0.15, 0.2) is 82.4 Å². The zero-order chi connectivity index (χ0) is 22.8. The lowest BCUT2D eigenvalue weighted by Crippen LogP contribution is -2.32. The van der Waals surface area contributed by atoms with Crippen molar-refractivity contribution >= 4 is 11.4 Å². The summed E-state index contributed by atoms with van der Waals surface area (Å²) in [4.78, 5) is 22.9. The van der Waals surface area contributed by atoms with Crippen molar-refractivity contribution in [2.75, 3.05) is 5.32 Å². The average Bonchev–Trinajstić information content (AvgIpc) is 2.82. The minimum atomic E-state index is -0.911. The van der Waals surface area contributed by atoms with E-state index in [-0.39, 0.29) is 17.8 Å². The molecule has 4 aromatic carbocycles. The van der Waals surface area contributed by atoms with Gasteiger partial charge >= 0.3 is 0 Å². The second kappa shape index (κ2) is 8.72. The normalized spacial score (nSPS) is 13.1. The molecule has 162 valence electrons. The highest BCUT2D eigenvalue weighted by Crippen LogP contribution is 2.29. The molecule has 5 nitrogen and oxygen atoms in total. The summed E-state index contributed by atoms with van der Waals surface area (Å²) in [5.74, 6) is -2.39. The van der Waals surface area contributed by atoms with E-state index in [1.807, 2.05) is 43.3 Å². The van der Waals surface area contributed by atoms with Gasteiger partial charge in [0.25, 0.3) is 10.9 Å². The number of anilines is 2. The Morgan fingerprint density at radius 1 is 0.781 bits per heavy atom. The van der Waals surface area contributed by atoms with E-state index in [1.165, 1.54) is 12.1 Å². The molecule has 0 heterocycles. The van der Waals surface area contributed by atoms with Crippen molar-refractivity contribution in [1.82, 2.24) is 5.32 Å². The number of rotatable bonds is 7. The SMILES string of the molecule is CC(NC(c1ccccc1)c1cccc(Nc2c(O)c(=O)c2=O)c1)c1ccc(F)c(F)c1. The summed E-state index contributed by atoms with van der Waals surface area (Å²) in [6.45, 7) is 1.85. The average molecular weight is 434 g/mol. The van der Waals surface area contributed by atoms with Crippen LogP contribution in [0.1, 0.15) is 35.7 Å². The van der Waals surface area contributed by atoms with Crippen molar-refractivity contribution in [2.45, 2.75) is 19.0 Å². The van der Waals surface area contributed by atoms with Gasteiger partial charge in [-0.3, -0.25) is 14.9 Å². The molecule has 2 atom stereocenters. The van der Waals surface area contributed by atoms with Crippen LogP contribution in [0.4, 0.5) is 20.2 Å². The first-order chi connectivity index (χ1) is 15.3. The van der Waals surface area contributed by atoms with Crippen molar-refractivity contribution in [2.24, 2.45) is 0 Å². The van der Waals surface area contributed by atoms with Crippen LogP contribution < -0.4 is 21.5 Å². The third-order valence-electron chi connectivity index (χ3n) is 5.37. The molecule has 0 saturated carbocycles. The Bertz CT molecular complexity index is 1330. The van der Waals surface area contributed by atoms with E-state index in [0.29, 0.717) is 11.3 Å². The quantitative estimate of drug-likeness (QED) is 0.375. The number of hydrogen-bond acceptors (Lipinski definition) is 5.